The SMILES string of the molecule is c1ccc2c(c1)-c1ccc(-c3ccc4c(c3)c3ccccc3n4-c3ccc4sc5ccccc5c4c3)cc1C2c1ccc2c(c1)oc1ccccc12. The third kappa shape index (κ3) is 3.94. The molecule has 3 heterocycles. The van der Waals surface area contributed by atoms with Crippen LogP contribution in [0, 0.1) is 0 Å². The van der Waals surface area contributed by atoms with Crippen molar-refractivity contribution in [1.82, 2.24) is 4.57 Å². The predicted octanol–water partition coefficient (Wildman–Crippen LogP) is 13.9. The minimum absolute atomic E-state index is 0.123. The lowest BCUT2D eigenvalue weighted by Crippen LogP contribution is -1.99. The Morgan fingerprint density at radius 1 is 0.423 bits per heavy atom. The Kier molecular flexibility index (Phi) is 5.74. The summed E-state index contributed by atoms with van der Waals surface area (Å²) in [6, 6.07) is 62.6. The van der Waals surface area contributed by atoms with Gasteiger partial charge in [0.25, 0.3) is 0 Å². The van der Waals surface area contributed by atoms with Gasteiger partial charge in [-0.25, -0.2) is 0 Å². The molecule has 0 spiro atoms. The summed E-state index contributed by atoms with van der Waals surface area (Å²) < 4.78 is 11.5. The Morgan fingerprint density at radius 2 is 1.13 bits per heavy atom. The Bertz CT molecular complexity index is 3260. The highest BCUT2D eigenvalue weighted by molar-refractivity contribution is 7.25. The molecule has 1 aliphatic carbocycles. The topological polar surface area (TPSA) is 18.1 Å². The van der Waals surface area contributed by atoms with Gasteiger partial charge in [0.1, 0.15) is 11.2 Å². The number of para-hydroxylation sites is 2. The predicted molar refractivity (Wildman–Crippen MR) is 219 cm³/mol. The molecule has 0 bridgehead atoms. The van der Waals surface area contributed by atoms with Gasteiger partial charge in [0.05, 0.1) is 11.0 Å². The van der Waals surface area contributed by atoms with Gasteiger partial charge < -0.3 is 8.98 Å². The summed E-state index contributed by atoms with van der Waals surface area (Å²) in [5, 5.41) is 7.49. The molecule has 242 valence electrons. The van der Waals surface area contributed by atoms with Crippen LogP contribution in [0.4, 0.5) is 0 Å². The van der Waals surface area contributed by atoms with Gasteiger partial charge in [-0.1, -0.05) is 109 Å². The highest BCUT2D eigenvalue weighted by Gasteiger charge is 2.30. The number of fused-ring (bicyclic) bond motifs is 12. The average Bonchev–Trinajstić information content (AvgIpc) is 3.94. The molecule has 0 N–H and O–H groups in total. The van der Waals surface area contributed by atoms with Gasteiger partial charge in [-0.2, -0.15) is 0 Å². The molecule has 1 atom stereocenters. The first kappa shape index (κ1) is 28.3. The van der Waals surface area contributed by atoms with Crippen LogP contribution in [0.25, 0.3) is 91.9 Å². The zero-order chi connectivity index (χ0) is 33.9. The summed E-state index contributed by atoms with van der Waals surface area (Å²) in [5.74, 6) is 0.123. The third-order valence-electron chi connectivity index (χ3n) is 11.3. The molecule has 1 unspecified atom stereocenters. The van der Waals surface area contributed by atoms with Crippen molar-refractivity contribution >= 4 is 75.3 Å². The lowest BCUT2D eigenvalue weighted by Gasteiger charge is -2.15. The fraction of sp³-hybridized carbons (Fsp3) is 0.0204. The molecule has 52 heavy (non-hydrogen) atoms. The highest BCUT2D eigenvalue weighted by atomic mass is 32.1. The van der Waals surface area contributed by atoms with Crippen molar-refractivity contribution in [1.29, 1.82) is 0 Å². The largest absolute Gasteiger partial charge is 0.456 e. The molecule has 0 aliphatic heterocycles. The van der Waals surface area contributed by atoms with E-state index >= 15 is 0 Å². The van der Waals surface area contributed by atoms with Crippen molar-refractivity contribution < 1.29 is 4.42 Å². The first-order valence-corrected chi connectivity index (χ1v) is 18.7. The van der Waals surface area contributed by atoms with Crippen molar-refractivity contribution in [2.45, 2.75) is 5.92 Å². The molecule has 0 radical (unpaired) electrons. The number of benzene rings is 8. The zero-order valence-electron chi connectivity index (χ0n) is 28.0. The van der Waals surface area contributed by atoms with Gasteiger partial charge in [0.15, 0.2) is 0 Å². The van der Waals surface area contributed by atoms with Gasteiger partial charge in [0, 0.05) is 53.3 Å². The summed E-state index contributed by atoms with van der Waals surface area (Å²) in [7, 11) is 0. The molecule has 1 aliphatic rings. The molecule has 0 saturated carbocycles. The van der Waals surface area contributed by atoms with Crippen LogP contribution in [-0.2, 0) is 0 Å². The average molecular weight is 680 g/mol. The second-order valence-electron chi connectivity index (χ2n) is 14.0. The smallest absolute Gasteiger partial charge is 0.135 e. The molecule has 3 aromatic heterocycles. The maximum atomic E-state index is 6.37. The van der Waals surface area contributed by atoms with Crippen molar-refractivity contribution in [3.05, 3.63) is 187 Å². The quantitative estimate of drug-likeness (QED) is 0.182. The Balaban J connectivity index is 1.02. The van der Waals surface area contributed by atoms with E-state index in [9.17, 15) is 0 Å². The van der Waals surface area contributed by atoms with Crippen molar-refractivity contribution in [2.75, 3.05) is 0 Å². The summed E-state index contributed by atoms with van der Waals surface area (Å²) >= 11 is 1.86. The maximum Gasteiger partial charge on any atom is 0.135 e. The molecular formula is C49H29NOS. The van der Waals surface area contributed by atoms with Gasteiger partial charge >= 0.3 is 0 Å². The molecule has 8 aromatic carbocycles. The molecule has 0 fully saturated rings. The fourth-order valence-electron chi connectivity index (χ4n) is 8.95. The number of furan rings is 1. The number of hydrogen-bond acceptors (Lipinski definition) is 2. The first-order chi connectivity index (χ1) is 25.8. The van der Waals surface area contributed by atoms with Crippen LogP contribution in [0.15, 0.2) is 174 Å². The van der Waals surface area contributed by atoms with Crippen LogP contribution >= 0.6 is 11.3 Å². The van der Waals surface area contributed by atoms with E-state index in [1.54, 1.807) is 0 Å². The van der Waals surface area contributed by atoms with Gasteiger partial charge in [-0.15, -0.1) is 11.3 Å². The summed E-state index contributed by atoms with van der Waals surface area (Å²) in [5.41, 5.74) is 14.5. The number of nitrogens with zero attached hydrogens (tertiary/aromatic N) is 1. The standard InChI is InChI=1S/C49H29NOS/c1-2-13-39-33(9-1)34-21-17-29(26-42(34)49(39)31-18-22-37-36-11-4-7-15-45(36)51-46(37)27-31)30-19-23-44-40(25-30)35-10-3-6-14-43(35)50(44)32-20-24-48-41(28-32)38-12-5-8-16-47(38)52-48/h1-28,49H. The molecule has 0 amide bonds. The number of thiophene rings is 1. The summed E-state index contributed by atoms with van der Waals surface area (Å²) in [6.07, 6.45) is 0. The number of aromatic nitrogens is 1. The highest BCUT2D eigenvalue weighted by Crippen LogP contribution is 2.50. The molecule has 3 heteroatoms. The van der Waals surface area contributed by atoms with E-state index in [-0.39, 0.29) is 5.92 Å². The van der Waals surface area contributed by atoms with Crippen molar-refractivity contribution in [3.63, 3.8) is 0 Å². The third-order valence-corrected chi connectivity index (χ3v) is 12.4. The van der Waals surface area contributed by atoms with Crippen LogP contribution in [0.3, 0.4) is 0 Å². The monoisotopic (exact) mass is 679 g/mol. The summed E-state index contributed by atoms with van der Waals surface area (Å²) in [4.78, 5) is 0. The van der Waals surface area contributed by atoms with Gasteiger partial charge in [-0.05, 0) is 99.6 Å². The van der Waals surface area contributed by atoms with E-state index in [1.807, 2.05) is 17.4 Å². The van der Waals surface area contributed by atoms with Crippen LogP contribution in [0.2, 0.25) is 0 Å². The van der Waals surface area contributed by atoms with Gasteiger partial charge in [-0.3, -0.25) is 0 Å². The van der Waals surface area contributed by atoms with E-state index in [4.69, 9.17) is 4.42 Å². The second-order valence-corrected chi connectivity index (χ2v) is 15.1. The normalized spacial score (nSPS) is 14.0. The summed E-state index contributed by atoms with van der Waals surface area (Å²) in [6.45, 7) is 0. The maximum absolute atomic E-state index is 6.37. The van der Waals surface area contributed by atoms with E-state index in [2.05, 4.69) is 168 Å². The van der Waals surface area contributed by atoms with Crippen LogP contribution in [-0.4, -0.2) is 4.57 Å². The Labute approximate surface area is 303 Å². The molecular weight excluding hydrogens is 651 g/mol. The van der Waals surface area contributed by atoms with Crippen LogP contribution in [0.1, 0.15) is 22.6 Å². The minimum atomic E-state index is 0.123. The zero-order valence-corrected chi connectivity index (χ0v) is 28.8. The van der Waals surface area contributed by atoms with E-state index in [0.29, 0.717) is 0 Å². The first-order valence-electron chi connectivity index (χ1n) is 17.9. The number of rotatable bonds is 3. The Morgan fingerprint density at radius 3 is 2.10 bits per heavy atom. The molecule has 11 aromatic rings. The molecule has 12 rings (SSSR count). The number of hydrogen-bond donors (Lipinski definition) is 0. The Hall–Kier alpha value is -6.42. The molecule has 0 saturated heterocycles. The van der Waals surface area contributed by atoms with Crippen molar-refractivity contribution in [3.8, 4) is 27.9 Å². The van der Waals surface area contributed by atoms with Gasteiger partial charge in [0.2, 0.25) is 0 Å². The lowest BCUT2D eigenvalue weighted by molar-refractivity contribution is 0.668. The lowest BCUT2D eigenvalue weighted by atomic mass is 9.87. The van der Waals surface area contributed by atoms with Crippen LogP contribution in [0.5, 0.6) is 0 Å². The van der Waals surface area contributed by atoms with E-state index < -0.39 is 0 Å². The molecule has 2 nitrogen and oxygen atoms in total. The fourth-order valence-corrected chi connectivity index (χ4v) is 10.0. The van der Waals surface area contributed by atoms with Crippen LogP contribution < -0.4 is 0 Å². The van der Waals surface area contributed by atoms with Crippen molar-refractivity contribution in [2.24, 2.45) is 0 Å². The minimum Gasteiger partial charge on any atom is -0.456 e. The van der Waals surface area contributed by atoms with E-state index in [0.717, 1.165) is 21.9 Å². The second kappa shape index (κ2) is 10.6. The van der Waals surface area contributed by atoms with E-state index in [1.165, 1.54) is 86.6 Å².